The van der Waals surface area contributed by atoms with Crippen molar-refractivity contribution in [2.45, 2.75) is 53.1 Å². The van der Waals surface area contributed by atoms with Gasteiger partial charge in [0.25, 0.3) is 0 Å². The largest absolute Gasteiger partial charge is 0.458 e. The third-order valence-corrected chi connectivity index (χ3v) is 2.55. The fourth-order valence-corrected chi connectivity index (χ4v) is 2.13. The maximum Gasteiger partial charge on any atom is 0.306 e. The van der Waals surface area contributed by atoms with Gasteiger partial charge < -0.3 is 4.74 Å². The zero-order valence-electron chi connectivity index (χ0n) is 9.59. The maximum atomic E-state index is 11.1. The Balaban J connectivity index is 2.62. The van der Waals surface area contributed by atoms with E-state index >= 15 is 0 Å². The summed E-state index contributed by atoms with van der Waals surface area (Å²) in [5.74, 6) is -0.100. The van der Waals surface area contributed by atoms with Crippen LogP contribution in [0.3, 0.4) is 0 Å². The van der Waals surface area contributed by atoms with E-state index in [4.69, 9.17) is 4.74 Å². The third kappa shape index (κ3) is 3.17. The number of rotatable bonds is 2. The topological polar surface area (TPSA) is 26.3 Å². The molecule has 0 saturated heterocycles. The van der Waals surface area contributed by atoms with Crippen LogP contribution in [0, 0.1) is 5.41 Å². The Kier molecular flexibility index (Phi) is 3.35. The quantitative estimate of drug-likeness (QED) is 0.501. The van der Waals surface area contributed by atoms with Crippen LogP contribution in [0.25, 0.3) is 0 Å². The smallest absolute Gasteiger partial charge is 0.306 e. The van der Waals surface area contributed by atoms with Crippen molar-refractivity contribution in [1.82, 2.24) is 0 Å². The molecule has 1 aliphatic carbocycles. The molecule has 0 aromatic heterocycles. The highest BCUT2D eigenvalue weighted by atomic mass is 16.5. The number of ether oxygens (including phenoxy) is 1. The van der Waals surface area contributed by atoms with E-state index in [1.165, 1.54) is 5.57 Å². The van der Waals surface area contributed by atoms with Crippen LogP contribution in [0.5, 0.6) is 0 Å². The Morgan fingerprint density at radius 2 is 2.29 bits per heavy atom. The molecule has 0 aliphatic heterocycles. The molecule has 0 aromatic carbocycles. The van der Waals surface area contributed by atoms with Crippen LogP contribution in [0.1, 0.15) is 47.0 Å². The van der Waals surface area contributed by atoms with Crippen molar-refractivity contribution in [3.8, 4) is 0 Å². The van der Waals surface area contributed by atoms with Gasteiger partial charge in [0.1, 0.15) is 6.10 Å². The van der Waals surface area contributed by atoms with E-state index < -0.39 is 0 Å². The SMILES string of the molecule is CCC(=O)O[C@H]1C=C(C)CC(C)(C)C1. The number of carbonyl (C=O) groups excluding carboxylic acids is 1. The molecular formula is C12H20O2. The van der Waals surface area contributed by atoms with Gasteiger partial charge in [-0.3, -0.25) is 4.79 Å². The average Bonchev–Trinajstić information content (AvgIpc) is 1.99. The molecule has 0 saturated carbocycles. The predicted molar refractivity (Wildman–Crippen MR) is 56.9 cm³/mol. The molecule has 0 fully saturated rings. The van der Waals surface area contributed by atoms with Crippen molar-refractivity contribution in [3.05, 3.63) is 11.6 Å². The first-order chi connectivity index (χ1) is 6.43. The second-order valence-electron chi connectivity index (χ2n) is 4.94. The zero-order chi connectivity index (χ0) is 10.8. The summed E-state index contributed by atoms with van der Waals surface area (Å²) in [6.07, 6.45) is 4.58. The lowest BCUT2D eigenvalue weighted by atomic mass is 9.76. The normalized spacial score (nSPS) is 25.4. The minimum atomic E-state index is -0.100. The first kappa shape index (κ1) is 11.3. The molecule has 14 heavy (non-hydrogen) atoms. The highest BCUT2D eigenvalue weighted by molar-refractivity contribution is 5.69. The van der Waals surface area contributed by atoms with Crippen LogP contribution in [0.15, 0.2) is 11.6 Å². The number of hydrogen-bond donors (Lipinski definition) is 0. The zero-order valence-corrected chi connectivity index (χ0v) is 9.59. The minimum Gasteiger partial charge on any atom is -0.458 e. The van der Waals surface area contributed by atoms with E-state index in [0.717, 1.165) is 12.8 Å². The third-order valence-electron chi connectivity index (χ3n) is 2.55. The van der Waals surface area contributed by atoms with Crippen molar-refractivity contribution < 1.29 is 9.53 Å². The van der Waals surface area contributed by atoms with Crippen LogP contribution in [-0.2, 0) is 9.53 Å². The fourth-order valence-electron chi connectivity index (χ4n) is 2.13. The van der Waals surface area contributed by atoms with Gasteiger partial charge in [-0.05, 0) is 31.3 Å². The molecule has 2 nitrogen and oxygen atoms in total. The molecule has 2 heteroatoms. The van der Waals surface area contributed by atoms with Crippen LogP contribution in [0.2, 0.25) is 0 Å². The lowest BCUT2D eigenvalue weighted by Crippen LogP contribution is -2.28. The molecule has 0 unspecified atom stereocenters. The Morgan fingerprint density at radius 1 is 1.64 bits per heavy atom. The lowest BCUT2D eigenvalue weighted by molar-refractivity contribution is -0.147. The first-order valence-corrected chi connectivity index (χ1v) is 5.30. The van der Waals surface area contributed by atoms with E-state index in [1.54, 1.807) is 0 Å². The molecule has 1 aliphatic rings. The van der Waals surface area contributed by atoms with Crippen LogP contribution < -0.4 is 0 Å². The molecule has 0 radical (unpaired) electrons. The summed E-state index contributed by atoms with van der Waals surface area (Å²) in [5.41, 5.74) is 1.59. The number of carbonyl (C=O) groups is 1. The van der Waals surface area contributed by atoms with Crippen LogP contribution >= 0.6 is 0 Å². The Morgan fingerprint density at radius 3 is 2.79 bits per heavy atom. The lowest BCUT2D eigenvalue weighted by Gasteiger charge is -2.33. The van der Waals surface area contributed by atoms with Crippen molar-refractivity contribution in [2.75, 3.05) is 0 Å². The van der Waals surface area contributed by atoms with Gasteiger partial charge in [0.15, 0.2) is 0 Å². The van der Waals surface area contributed by atoms with Crippen LogP contribution in [0.4, 0.5) is 0 Å². The molecule has 1 rings (SSSR count). The molecule has 0 N–H and O–H groups in total. The van der Waals surface area contributed by atoms with E-state index in [9.17, 15) is 4.79 Å². The standard InChI is InChI=1S/C12H20O2/c1-5-11(13)14-10-6-9(2)7-12(3,4)8-10/h6,10H,5,7-8H2,1-4H3/t10-/m0/s1. The summed E-state index contributed by atoms with van der Waals surface area (Å²) in [5, 5.41) is 0. The van der Waals surface area contributed by atoms with Gasteiger partial charge in [0, 0.05) is 6.42 Å². The molecule has 0 heterocycles. The second-order valence-corrected chi connectivity index (χ2v) is 4.94. The Labute approximate surface area is 86.3 Å². The molecule has 0 bridgehead atoms. The maximum absolute atomic E-state index is 11.1. The molecule has 0 spiro atoms. The number of allylic oxidation sites excluding steroid dienone is 1. The second kappa shape index (κ2) is 4.16. The number of esters is 1. The van der Waals surface area contributed by atoms with E-state index in [0.29, 0.717) is 6.42 Å². The van der Waals surface area contributed by atoms with Gasteiger partial charge in [-0.25, -0.2) is 0 Å². The molecule has 1 atom stereocenters. The van der Waals surface area contributed by atoms with E-state index in [-0.39, 0.29) is 17.5 Å². The summed E-state index contributed by atoms with van der Waals surface area (Å²) in [4.78, 5) is 11.1. The van der Waals surface area contributed by atoms with Crippen molar-refractivity contribution >= 4 is 5.97 Å². The van der Waals surface area contributed by atoms with Gasteiger partial charge in [0.2, 0.25) is 0 Å². The Bertz CT molecular complexity index is 251. The van der Waals surface area contributed by atoms with Crippen molar-refractivity contribution in [3.63, 3.8) is 0 Å². The predicted octanol–water partition coefficient (Wildman–Crippen LogP) is 3.07. The molecule has 80 valence electrons. The highest BCUT2D eigenvalue weighted by Gasteiger charge is 2.28. The summed E-state index contributed by atoms with van der Waals surface area (Å²) in [7, 11) is 0. The van der Waals surface area contributed by atoms with Crippen molar-refractivity contribution in [1.29, 1.82) is 0 Å². The molecular weight excluding hydrogens is 176 g/mol. The van der Waals surface area contributed by atoms with Crippen molar-refractivity contribution in [2.24, 2.45) is 5.41 Å². The highest BCUT2D eigenvalue weighted by Crippen LogP contribution is 2.36. The van der Waals surface area contributed by atoms with Crippen LogP contribution in [-0.4, -0.2) is 12.1 Å². The minimum absolute atomic E-state index is 0.00815. The monoisotopic (exact) mass is 196 g/mol. The van der Waals surface area contributed by atoms with E-state index in [1.807, 2.05) is 6.92 Å². The summed E-state index contributed by atoms with van der Waals surface area (Å²) in [6, 6.07) is 0. The number of hydrogen-bond acceptors (Lipinski definition) is 2. The molecule has 0 aromatic rings. The van der Waals surface area contributed by atoms with Gasteiger partial charge in [-0.1, -0.05) is 26.3 Å². The van der Waals surface area contributed by atoms with Gasteiger partial charge in [-0.15, -0.1) is 0 Å². The average molecular weight is 196 g/mol. The summed E-state index contributed by atoms with van der Waals surface area (Å²) >= 11 is 0. The van der Waals surface area contributed by atoms with Gasteiger partial charge in [-0.2, -0.15) is 0 Å². The van der Waals surface area contributed by atoms with E-state index in [2.05, 4.69) is 26.8 Å². The summed E-state index contributed by atoms with van der Waals surface area (Å²) in [6.45, 7) is 8.37. The Hall–Kier alpha value is -0.790. The van der Waals surface area contributed by atoms with Gasteiger partial charge >= 0.3 is 5.97 Å². The first-order valence-electron chi connectivity index (χ1n) is 5.30. The molecule has 0 amide bonds. The summed E-state index contributed by atoms with van der Waals surface area (Å²) < 4.78 is 5.33. The van der Waals surface area contributed by atoms with Gasteiger partial charge in [0.05, 0.1) is 0 Å². The fraction of sp³-hybridized carbons (Fsp3) is 0.750.